The predicted octanol–water partition coefficient (Wildman–Crippen LogP) is 1.92. The van der Waals surface area contributed by atoms with Crippen molar-refractivity contribution in [1.82, 2.24) is 15.0 Å². The molecule has 3 rings (SSSR count). The van der Waals surface area contributed by atoms with Gasteiger partial charge in [0, 0.05) is 18.5 Å². The molecule has 0 saturated heterocycles. The molecule has 0 aliphatic carbocycles. The summed E-state index contributed by atoms with van der Waals surface area (Å²) in [5, 5.41) is 7.17. The van der Waals surface area contributed by atoms with E-state index in [1.54, 1.807) is 58.9 Å². The van der Waals surface area contributed by atoms with Gasteiger partial charge in [0.25, 0.3) is 10.0 Å². The van der Waals surface area contributed by atoms with E-state index in [4.69, 9.17) is 20.0 Å². The maximum Gasteiger partial charge on any atom is 0.436 e. The highest BCUT2D eigenvalue weighted by Gasteiger charge is 2.31. The number of benzene rings is 1. The molecule has 1 aromatic heterocycles. The molecule has 2 amide bonds. The topological polar surface area (TPSA) is 201 Å². The summed E-state index contributed by atoms with van der Waals surface area (Å²) >= 11 is 0.972. The van der Waals surface area contributed by atoms with Gasteiger partial charge in [0.15, 0.2) is 4.21 Å². The molecule has 0 radical (unpaired) electrons. The average molecular weight is 623 g/mol. The molecular formula is C26H34N6O8S2. The van der Waals surface area contributed by atoms with Crippen LogP contribution in [0.4, 0.5) is 4.79 Å². The van der Waals surface area contributed by atoms with E-state index in [9.17, 15) is 22.8 Å². The highest BCUT2D eigenvalue weighted by atomic mass is 32.2. The molecule has 42 heavy (non-hydrogen) atoms. The fourth-order valence-electron chi connectivity index (χ4n) is 3.80. The van der Waals surface area contributed by atoms with Crippen LogP contribution >= 0.6 is 11.3 Å². The molecule has 0 bridgehead atoms. The largest absolute Gasteiger partial charge is 0.468 e. The van der Waals surface area contributed by atoms with Crippen molar-refractivity contribution in [3.8, 4) is 0 Å². The minimum atomic E-state index is -4.08. The van der Waals surface area contributed by atoms with Gasteiger partial charge < -0.3 is 25.4 Å². The summed E-state index contributed by atoms with van der Waals surface area (Å²) in [5.74, 6) is -1.34. The number of nitrogens with one attached hydrogen (secondary N) is 2. The first-order chi connectivity index (χ1) is 19.6. The van der Waals surface area contributed by atoms with Crippen molar-refractivity contribution in [2.45, 2.75) is 69.4 Å². The Hall–Kier alpha value is -3.89. The lowest BCUT2D eigenvalue weighted by Gasteiger charge is -2.17. The second kappa shape index (κ2) is 13.4. The molecule has 0 saturated carbocycles. The van der Waals surface area contributed by atoms with E-state index in [2.05, 4.69) is 25.2 Å². The van der Waals surface area contributed by atoms with Crippen LogP contribution in [0.1, 0.15) is 55.4 Å². The summed E-state index contributed by atoms with van der Waals surface area (Å²) in [6, 6.07) is 5.45. The van der Waals surface area contributed by atoms with E-state index in [-0.39, 0.29) is 23.0 Å². The smallest absolute Gasteiger partial charge is 0.436 e. The molecule has 2 atom stereocenters. The lowest BCUT2D eigenvalue weighted by atomic mass is 10.0. The van der Waals surface area contributed by atoms with Crippen LogP contribution in [0.25, 0.3) is 0 Å². The normalized spacial score (nSPS) is 16.3. The summed E-state index contributed by atoms with van der Waals surface area (Å²) in [5.41, 5.74) is 7.36. The monoisotopic (exact) mass is 622 g/mol. The van der Waals surface area contributed by atoms with Crippen LogP contribution in [0.2, 0.25) is 0 Å². The van der Waals surface area contributed by atoms with Crippen molar-refractivity contribution < 1.29 is 37.1 Å². The molecule has 0 fully saturated rings. The van der Waals surface area contributed by atoms with Crippen molar-refractivity contribution in [3.63, 3.8) is 0 Å². The first-order valence-electron chi connectivity index (χ1n) is 12.8. The fourth-order valence-corrected chi connectivity index (χ4v) is 6.49. The number of carbonyl (C=O) groups excluding carboxylic acids is 3. The van der Waals surface area contributed by atoms with Crippen LogP contribution in [0.3, 0.4) is 0 Å². The lowest BCUT2D eigenvalue weighted by molar-refractivity contribution is -0.142. The number of hydrogen-bond acceptors (Lipinski definition) is 11. The standard InChI is InChI=1S/C26H34N6O8S2/c1-14-24(41-15(2)29-14)42(36,37)32-20(23(34)38-6)13-28-21(33)12-18-11-19(31-40-18)16-7-9-17(10-8-16)22(27)30-25(35)39-26(3,4)5/h7-10,18,20,32H,11-13H2,1-6H3,(H,28,33)(H2,27,30,35). The van der Waals surface area contributed by atoms with E-state index in [0.29, 0.717) is 28.4 Å². The number of esters is 1. The van der Waals surface area contributed by atoms with Gasteiger partial charge in [0.05, 0.1) is 29.9 Å². The maximum absolute atomic E-state index is 12.8. The van der Waals surface area contributed by atoms with E-state index < -0.39 is 45.7 Å². The van der Waals surface area contributed by atoms with E-state index in [1.165, 1.54) is 0 Å². The summed E-state index contributed by atoms with van der Waals surface area (Å²) in [4.78, 5) is 50.0. The number of thiazole rings is 1. The molecule has 16 heteroatoms. The van der Waals surface area contributed by atoms with Crippen molar-refractivity contribution in [1.29, 1.82) is 0 Å². The van der Waals surface area contributed by atoms with Gasteiger partial charge in [0.1, 0.15) is 23.6 Å². The summed E-state index contributed by atoms with van der Waals surface area (Å²) in [7, 11) is -2.96. The second-order valence-corrected chi connectivity index (χ2v) is 13.4. The summed E-state index contributed by atoms with van der Waals surface area (Å²) in [6.45, 7) is 8.06. The Bertz CT molecular complexity index is 1490. The third-order valence-corrected chi connectivity index (χ3v) is 8.81. The van der Waals surface area contributed by atoms with Crippen LogP contribution in [-0.2, 0) is 33.9 Å². The van der Waals surface area contributed by atoms with Gasteiger partial charge in [-0.25, -0.2) is 18.2 Å². The molecule has 228 valence electrons. The zero-order valence-electron chi connectivity index (χ0n) is 24.1. The van der Waals surface area contributed by atoms with Gasteiger partial charge in [-0.15, -0.1) is 11.3 Å². The highest BCUT2D eigenvalue weighted by Crippen LogP contribution is 2.23. The number of oxime groups is 1. The summed E-state index contributed by atoms with van der Waals surface area (Å²) < 4.78 is 37.7. The van der Waals surface area contributed by atoms with Crippen molar-refractivity contribution in [3.05, 3.63) is 46.1 Å². The number of nitrogens with two attached hydrogens (primary N) is 1. The molecule has 2 aromatic rings. The number of aryl methyl sites for hydroxylation is 2. The van der Waals surface area contributed by atoms with Crippen LogP contribution in [0.5, 0.6) is 0 Å². The van der Waals surface area contributed by atoms with Gasteiger partial charge in [-0.05, 0) is 40.2 Å². The maximum atomic E-state index is 12.8. The molecule has 14 nitrogen and oxygen atoms in total. The van der Waals surface area contributed by atoms with E-state index >= 15 is 0 Å². The molecule has 0 spiro atoms. The van der Waals surface area contributed by atoms with Crippen LogP contribution in [0.15, 0.2) is 38.6 Å². The van der Waals surface area contributed by atoms with Gasteiger partial charge >= 0.3 is 12.1 Å². The number of ether oxygens (including phenoxy) is 2. The Labute approximate surface area is 247 Å². The number of nitrogens with zero attached hydrogens (tertiary/aromatic N) is 3. The number of amides is 2. The number of methoxy groups -OCH3 is 1. The molecule has 2 heterocycles. The van der Waals surface area contributed by atoms with Crippen LogP contribution in [-0.4, -0.2) is 74.3 Å². The Kier molecular flexibility index (Phi) is 10.4. The van der Waals surface area contributed by atoms with E-state index in [1.807, 2.05) is 0 Å². The average Bonchev–Trinajstić information content (AvgIpc) is 3.50. The molecule has 4 N–H and O–H groups in total. The Balaban J connectivity index is 1.54. The number of rotatable bonds is 10. The second-order valence-electron chi connectivity index (χ2n) is 10.3. The van der Waals surface area contributed by atoms with Gasteiger partial charge in [-0.1, -0.05) is 29.4 Å². The van der Waals surface area contributed by atoms with Crippen LogP contribution in [0, 0.1) is 13.8 Å². The number of carbonyl (C=O) groups is 3. The molecule has 1 aliphatic rings. The molecule has 2 unspecified atom stereocenters. The van der Waals surface area contributed by atoms with Gasteiger partial charge in [-0.2, -0.15) is 9.71 Å². The number of sulfonamides is 1. The SMILES string of the molecule is COC(=O)C(CNC(=O)CC1CC(c2ccc(/C(N)=N\C(=O)OC(C)(C)C)cc2)=NO1)NS(=O)(=O)c1sc(C)nc1C. The predicted molar refractivity (Wildman–Crippen MR) is 155 cm³/mol. The quantitative estimate of drug-likeness (QED) is 0.200. The van der Waals surface area contributed by atoms with Crippen molar-refractivity contribution in [2.24, 2.45) is 15.9 Å². The first kappa shape index (κ1) is 32.6. The first-order valence-corrected chi connectivity index (χ1v) is 15.1. The highest BCUT2D eigenvalue weighted by molar-refractivity contribution is 7.91. The zero-order valence-corrected chi connectivity index (χ0v) is 25.7. The van der Waals surface area contributed by atoms with Gasteiger partial charge in [0.2, 0.25) is 5.91 Å². The third-order valence-electron chi connectivity index (χ3n) is 5.66. The molecule has 1 aliphatic heterocycles. The summed E-state index contributed by atoms with van der Waals surface area (Å²) in [6.07, 6.45) is -1.13. The van der Waals surface area contributed by atoms with Gasteiger partial charge in [-0.3, -0.25) is 9.59 Å². The molecular weight excluding hydrogens is 588 g/mol. The number of aromatic nitrogens is 1. The minimum absolute atomic E-state index is 0.000175. The Morgan fingerprint density at radius 1 is 1.21 bits per heavy atom. The Morgan fingerprint density at radius 2 is 1.88 bits per heavy atom. The Morgan fingerprint density at radius 3 is 2.45 bits per heavy atom. The zero-order chi connectivity index (χ0) is 31.2. The minimum Gasteiger partial charge on any atom is -0.468 e. The number of aliphatic imine (C=N–C) groups is 1. The number of amidine groups is 1. The third kappa shape index (κ3) is 9.06. The lowest BCUT2D eigenvalue weighted by Crippen LogP contribution is -2.49. The van der Waals surface area contributed by atoms with E-state index in [0.717, 1.165) is 24.0 Å². The number of hydrogen-bond donors (Lipinski definition) is 3. The fraction of sp³-hybridized carbons (Fsp3) is 0.462. The van der Waals surface area contributed by atoms with Crippen molar-refractivity contribution in [2.75, 3.05) is 13.7 Å². The van der Waals surface area contributed by atoms with Crippen LogP contribution < -0.4 is 15.8 Å². The van der Waals surface area contributed by atoms with Crippen molar-refractivity contribution >= 4 is 50.9 Å². The molecule has 1 aromatic carbocycles.